The Morgan fingerprint density at radius 2 is 1.95 bits per heavy atom. The van der Waals surface area contributed by atoms with E-state index in [1.807, 2.05) is 23.5 Å². The maximum absolute atomic E-state index is 6.13. The summed E-state index contributed by atoms with van der Waals surface area (Å²) in [6.45, 7) is 5.44. The molecule has 2 rings (SSSR count). The van der Waals surface area contributed by atoms with E-state index in [1.165, 1.54) is 15.3 Å². The maximum atomic E-state index is 6.13. The van der Waals surface area contributed by atoms with Crippen LogP contribution in [0.3, 0.4) is 0 Å². The van der Waals surface area contributed by atoms with Crippen LogP contribution in [-0.2, 0) is 12.8 Å². The predicted octanol–water partition coefficient (Wildman–Crippen LogP) is 5.25. The van der Waals surface area contributed by atoms with Crippen LogP contribution in [0.5, 0.6) is 0 Å². The van der Waals surface area contributed by atoms with E-state index in [9.17, 15) is 0 Å². The topological polar surface area (TPSA) is 12.0 Å². The highest BCUT2D eigenvalue weighted by atomic mass is 35.5. The number of nitrogens with one attached hydrogen (secondary N) is 1. The van der Waals surface area contributed by atoms with Crippen LogP contribution in [0.15, 0.2) is 36.4 Å². The van der Waals surface area contributed by atoms with E-state index in [-0.39, 0.29) is 0 Å². The number of aryl methyl sites for hydroxylation is 1. The first-order valence-corrected chi connectivity index (χ1v) is 8.48. The van der Waals surface area contributed by atoms with E-state index in [0.29, 0.717) is 6.04 Å². The van der Waals surface area contributed by atoms with Crippen LogP contribution in [0.4, 0.5) is 0 Å². The Labute approximate surface area is 131 Å². The van der Waals surface area contributed by atoms with Gasteiger partial charge in [-0.05, 0) is 49.2 Å². The minimum Gasteiger partial charge on any atom is -0.310 e. The molecule has 1 heterocycles. The Morgan fingerprint density at radius 1 is 1.15 bits per heavy atom. The molecule has 1 unspecified atom stereocenters. The molecular formula is C17H22ClNS. The molecule has 1 atom stereocenters. The van der Waals surface area contributed by atoms with Gasteiger partial charge in [0.05, 0.1) is 0 Å². The van der Waals surface area contributed by atoms with Gasteiger partial charge in [0.15, 0.2) is 0 Å². The van der Waals surface area contributed by atoms with Gasteiger partial charge in [0.1, 0.15) is 0 Å². The summed E-state index contributed by atoms with van der Waals surface area (Å²) in [5.74, 6) is 0. The minimum atomic E-state index is 0.344. The number of halogens is 1. The molecule has 3 heteroatoms. The molecule has 0 aliphatic rings. The average Bonchev–Trinajstić information content (AvgIpc) is 2.91. The highest BCUT2D eigenvalue weighted by Gasteiger charge is 2.13. The van der Waals surface area contributed by atoms with Crippen LogP contribution in [0.2, 0.25) is 5.02 Å². The second-order valence-electron chi connectivity index (χ2n) is 4.99. The lowest BCUT2D eigenvalue weighted by Crippen LogP contribution is -2.23. The molecule has 0 spiro atoms. The zero-order valence-electron chi connectivity index (χ0n) is 12.2. The number of hydrogen-bond donors (Lipinski definition) is 1. The Morgan fingerprint density at radius 3 is 2.60 bits per heavy atom. The second-order valence-corrected chi connectivity index (χ2v) is 6.68. The van der Waals surface area contributed by atoms with Crippen LogP contribution in [-0.4, -0.2) is 6.54 Å². The standard InChI is InChI=1S/C17H22ClNS/c1-3-10-19-17(13-6-5-7-14(18)11-13)12-16-9-8-15(4-2)20-16/h5-9,11,17,19H,3-4,10,12H2,1-2H3. The molecule has 0 aliphatic heterocycles. The van der Waals surface area contributed by atoms with E-state index in [1.54, 1.807) is 0 Å². The molecule has 108 valence electrons. The first kappa shape index (κ1) is 15.6. The zero-order valence-corrected chi connectivity index (χ0v) is 13.7. The van der Waals surface area contributed by atoms with Crippen molar-refractivity contribution in [2.45, 2.75) is 39.2 Å². The molecule has 0 aliphatic carbocycles. The zero-order chi connectivity index (χ0) is 14.4. The van der Waals surface area contributed by atoms with Crippen LogP contribution in [0, 0.1) is 0 Å². The van der Waals surface area contributed by atoms with Gasteiger partial charge in [-0.15, -0.1) is 11.3 Å². The van der Waals surface area contributed by atoms with Crippen LogP contribution in [0.1, 0.15) is 41.6 Å². The van der Waals surface area contributed by atoms with Crippen LogP contribution >= 0.6 is 22.9 Å². The highest BCUT2D eigenvalue weighted by Crippen LogP contribution is 2.25. The summed E-state index contributed by atoms with van der Waals surface area (Å²) in [5.41, 5.74) is 1.28. The summed E-state index contributed by atoms with van der Waals surface area (Å²) in [5, 5.41) is 4.45. The Kier molecular flexibility index (Phi) is 6.08. The van der Waals surface area contributed by atoms with Crippen molar-refractivity contribution in [3.05, 3.63) is 56.7 Å². The number of hydrogen-bond acceptors (Lipinski definition) is 2. The molecule has 1 N–H and O–H groups in total. The van der Waals surface area contributed by atoms with Crippen molar-refractivity contribution in [2.75, 3.05) is 6.54 Å². The van der Waals surface area contributed by atoms with Gasteiger partial charge in [0.25, 0.3) is 0 Å². The summed E-state index contributed by atoms with van der Waals surface area (Å²) < 4.78 is 0. The van der Waals surface area contributed by atoms with Gasteiger partial charge in [-0.1, -0.05) is 37.6 Å². The molecule has 0 amide bonds. The molecule has 0 radical (unpaired) electrons. The summed E-state index contributed by atoms with van der Waals surface area (Å²) in [7, 11) is 0. The third-order valence-corrected chi connectivity index (χ3v) is 4.85. The second kappa shape index (κ2) is 7.82. The lowest BCUT2D eigenvalue weighted by Gasteiger charge is -2.18. The monoisotopic (exact) mass is 307 g/mol. The molecule has 2 aromatic rings. The Balaban J connectivity index is 2.14. The van der Waals surface area contributed by atoms with Crippen LogP contribution in [0.25, 0.3) is 0 Å². The van der Waals surface area contributed by atoms with Crippen molar-refractivity contribution in [2.24, 2.45) is 0 Å². The van der Waals surface area contributed by atoms with Crippen molar-refractivity contribution in [3.8, 4) is 0 Å². The molecule has 0 saturated carbocycles. The first-order chi connectivity index (χ1) is 9.72. The Hall–Kier alpha value is -0.830. The molecule has 0 fully saturated rings. The number of rotatable bonds is 7. The smallest absolute Gasteiger partial charge is 0.0409 e. The van der Waals surface area contributed by atoms with E-state index in [0.717, 1.165) is 30.8 Å². The van der Waals surface area contributed by atoms with Gasteiger partial charge in [0, 0.05) is 27.2 Å². The summed E-state index contributed by atoms with van der Waals surface area (Å²) in [6.07, 6.45) is 3.29. The molecule has 1 nitrogen and oxygen atoms in total. The fourth-order valence-corrected chi connectivity index (χ4v) is 3.48. The molecular weight excluding hydrogens is 286 g/mol. The van der Waals surface area contributed by atoms with Crippen molar-refractivity contribution < 1.29 is 0 Å². The van der Waals surface area contributed by atoms with E-state index >= 15 is 0 Å². The van der Waals surface area contributed by atoms with E-state index < -0.39 is 0 Å². The predicted molar refractivity (Wildman–Crippen MR) is 89.9 cm³/mol. The summed E-state index contributed by atoms with van der Waals surface area (Å²) in [6, 6.07) is 13.0. The fraction of sp³-hybridized carbons (Fsp3) is 0.412. The normalized spacial score (nSPS) is 12.6. The van der Waals surface area contributed by atoms with Crippen molar-refractivity contribution in [3.63, 3.8) is 0 Å². The summed E-state index contributed by atoms with van der Waals surface area (Å²) in [4.78, 5) is 2.90. The first-order valence-electron chi connectivity index (χ1n) is 7.29. The fourth-order valence-electron chi connectivity index (χ4n) is 2.27. The summed E-state index contributed by atoms with van der Waals surface area (Å²) >= 11 is 8.05. The third kappa shape index (κ3) is 4.34. The van der Waals surface area contributed by atoms with Gasteiger partial charge in [-0.3, -0.25) is 0 Å². The molecule has 0 saturated heterocycles. The molecule has 20 heavy (non-hydrogen) atoms. The maximum Gasteiger partial charge on any atom is 0.0409 e. The van der Waals surface area contributed by atoms with E-state index in [4.69, 9.17) is 11.6 Å². The quantitative estimate of drug-likeness (QED) is 0.737. The molecule has 0 bridgehead atoms. The lowest BCUT2D eigenvalue weighted by molar-refractivity contribution is 0.532. The third-order valence-electron chi connectivity index (χ3n) is 3.36. The average molecular weight is 308 g/mol. The van der Waals surface area contributed by atoms with Crippen molar-refractivity contribution >= 4 is 22.9 Å². The van der Waals surface area contributed by atoms with Gasteiger partial charge >= 0.3 is 0 Å². The van der Waals surface area contributed by atoms with Crippen molar-refractivity contribution in [1.29, 1.82) is 0 Å². The lowest BCUT2D eigenvalue weighted by atomic mass is 10.0. The van der Waals surface area contributed by atoms with Gasteiger partial charge in [0.2, 0.25) is 0 Å². The SMILES string of the molecule is CCCNC(Cc1ccc(CC)s1)c1cccc(Cl)c1. The molecule has 1 aromatic carbocycles. The van der Waals surface area contributed by atoms with Gasteiger partial charge < -0.3 is 5.32 Å². The number of thiophene rings is 1. The minimum absolute atomic E-state index is 0.344. The molecule has 1 aromatic heterocycles. The van der Waals surface area contributed by atoms with Gasteiger partial charge in [-0.2, -0.15) is 0 Å². The largest absolute Gasteiger partial charge is 0.310 e. The number of benzene rings is 1. The van der Waals surface area contributed by atoms with E-state index in [2.05, 4.69) is 43.4 Å². The Bertz CT molecular complexity index is 535. The van der Waals surface area contributed by atoms with Crippen molar-refractivity contribution in [1.82, 2.24) is 5.32 Å². The van der Waals surface area contributed by atoms with Crippen LogP contribution < -0.4 is 5.32 Å². The van der Waals surface area contributed by atoms with Gasteiger partial charge in [-0.25, -0.2) is 0 Å². The highest BCUT2D eigenvalue weighted by molar-refractivity contribution is 7.11.